The van der Waals surface area contributed by atoms with Gasteiger partial charge in [-0.15, -0.1) is 0 Å². The zero-order chi connectivity index (χ0) is 16.8. The van der Waals surface area contributed by atoms with Gasteiger partial charge in [-0.25, -0.2) is 4.98 Å². The maximum Gasteiger partial charge on any atom is 0.225 e. The van der Waals surface area contributed by atoms with E-state index in [1.807, 2.05) is 49.6 Å². The summed E-state index contributed by atoms with van der Waals surface area (Å²) in [6, 6.07) is 16.2. The van der Waals surface area contributed by atoms with Gasteiger partial charge in [0.25, 0.3) is 0 Å². The van der Waals surface area contributed by atoms with Crippen molar-refractivity contribution in [1.82, 2.24) is 15.0 Å². The van der Waals surface area contributed by atoms with E-state index >= 15 is 0 Å². The fourth-order valence-corrected chi connectivity index (χ4v) is 2.82. The number of benzene rings is 1. The van der Waals surface area contributed by atoms with Crippen molar-refractivity contribution in [3.63, 3.8) is 0 Å². The van der Waals surface area contributed by atoms with Crippen LogP contribution < -0.4 is 10.6 Å². The van der Waals surface area contributed by atoms with Crippen LogP contribution in [0.1, 0.15) is 17.3 Å². The molecule has 2 heterocycles. The molecule has 0 aliphatic heterocycles. The van der Waals surface area contributed by atoms with Gasteiger partial charge in [-0.3, -0.25) is 4.98 Å². The van der Waals surface area contributed by atoms with Crippen LogP contribution in [-0.4, -0.2) is 22.0 Å². The highest BCUT2D eigenvalue weighted by Gasteiger charge is 2.15. The Hall–Kier alpha value is -2.47. The molecule has 24 heavy (non-hydrogen) atoms. The number of nitrogens with one attached hydrogen (secondary N) is 2. The molecular weight excluding hydrogens is 366 g/mol. The van der Waals surface area contributed by atoms with Crippen LogP contribution in [0.25, 0.3) is 0 Å². The number of hydrogen-bond donors (Lipinski definition) is 2. The molecule has 1 atom stereocenters. The minimum absolute atomic E-state index is 0.0342. The molecule has 2 aromatic heterocycles. The van der Waals surface area contributed by atoms with Crippen molar-refractivity contribution in [2.45, 2.75) is 12.5 Å². The molecule has 2 N–H and O–H groups in total. The molecule has 6 heteroatoms. The molecule has 1 unspecified atom stereocenters. The highest BCUT2D eigenvalue weighted by atomic mass is 79.9. The Kier molecular flexibility index (Phi) is 5.38. The molecule has 1 aromatic carbocycles. The fraction of sp³-hybridized carbons (Fsp3) is 0.167. The number of pyridine rings is 1. The van der Waals surface area contributed by atoms with Crippen molar-refractivity contribution in [3.05, 3.63) is 76.7 Å². The number of hydrogen-bond acceptors (Lipinski definition) is 5. The SMILES string of the molecule is CNc1nc(NC(Cc2ccccn2)c2ccccc2)ncc1Br. The Bertz CT molecular complexity index is 780. The summed E-state index contributed by atoms with van der Waals surface area (Å²) in [5.41, 5.74) is 2.19. The van der Waals surface area contributed by atoms with Gasteiger partial charge in [-0.2, -0.15) is 4.98 Å². The smallest absolute Gasteiger partial charge is 0.225 e. The first kappa shape index (κ1) is 16.4. The lowest BCUT2D eigenvalue weighted by Gasteiger charge is -2.19. The lowest BCUT2D eigenvalue weighted by molar-refractivity contribution is 0.745. The zero-order valence-corrected chi connectivity index (χ0v) is 14.9. The lowest BCUT2D eigenvalue weighted by atomic mass is 10.0. The second-order valence-corrected chi connectivity index (χ2v) is 6.13. The molecule has 122 valence electrons. The Labute approximate surface area is 149 Å². The first-order valence-corrected chi connectivity index (χ1v) is 8.47. The van der Waals surface area contributed by atoms with Crippen LogP contribution in [0, 0.1) is 0 Å². The third-order valence-electron chi connectivity index (χ3n) is 3.63. The van der Waals surface area contributed by atoms with E-state index in [4.69, 9.17) is 0 Å². The van der Waals surface area contributed by atoms with Crippen LogP contribution in [0.2, 0.25) is 0 Å². The third kappa shape index (κ3) is 4.08. The maximum absolute atomic E-state index is 4.50. The molecule has 5 nitrogen and oxygen atoms in total. The normalized spacial score (nSPS) is 11.8. The van der Waals surface area contributed by atoms with E-state index in [1.54, 1.807) is 6.20 Å². The van der Waals surface area contributed by atoms with E-state index in [1.165, 1.54) is 5.56 Å². The molecule has 3 aromatic rings. The van der Waals surface area contributed by atoms with Gasteiger partial charge in [0.05, 0.1) is 10.5 Å². The molecule has 3 rings (SSSR count). The van der Waals surface area contributed by atoms with Gasteiger partial charge in [-0.1, -0.05) is 36.4 Å². The van der Waals surface area contributed by atoms with Crippen molar-refractivity contribution >= 4 is 27.7 Å². The first-order chi connectivity index (χ1) is 11.8. The van der Waals surface area contributed by atoms with Gasteiger partial charge in [0.15, 0.2) is 0 Å². The van der Waals surface area contributed by atoms with Crippen LogP contribution in [0.3, 0.4) is 0 Å². The Morgan fingerprint density at radius 3 is 2.54 bits per heavy atom. The fourth-order valence-electron chi connectivity index (χ4n) is 2.43. The topological polar surface area (TPSA) is 62.7 Å². The molecule has 0 amide bonds. The van der Waals surface area contributed by atoms with Crippen molar-refractivity contribution < 1.29 is 0 Å². The van der Waals surface area contributed by atoms with E-state index in [2.05, 4.69) is 53.6 Å². The van der Waals surface area contributed by atoms with Gasteiger partial charge in [0.1, 0.15) is 5.82 Å². The van der Waals surface area contributed by atoms with Gasteiger partial charge >= 0.3 is 0 Å². The monoisotopic (exact) mass is 383 g/mol. The summed E-state index contributed by atoms with van der Waals surface area (Å²) < 4.78 is 0.830. The molecule has 0 saturated carbocycles. The van der Waals surface area contributed by atoms with E-state index < -0.39 is 0 Å². The number of nitrogens with zero attached hydrogens (tertiary/aromatic N) is 3. The van der Waals surface area contributed by atoms with Crippen molar-refractivity contribution in [2.24, 2.45) is 0 Å². The number of halogens is 1. The van der Waals surface area contributed by atoms with Crippen LogP contribution in [0.4, 0.5) is 11.8 Å². The molecule has 0 aliphatic carbocycles. The Morgan fingerprint density at radius 2 is 1.83 bits per heavy atom. The Balaban J connectivity index is 1.87. The van der Waals surface area contributed by atoms with E-state index in [-0.39, 0.29) is 6.04 Å². The second kappa shape index (κ2) is 7.88. The van der Waals surface area contributed by atoms with Crippen LogP contribution >= 0.6 is 15.9 Å². The third-order valence-corrected chi connectivity index (χ3v) is 4.21. The molecular formula is C18H18BrN5. The van der Waals surface area contributed by atoms with E-state index in [9.17, 15) is 0 Å². The van der Waals surface area contributed by atoms with Gasteiger partial charge in [0.2, 0.25) is 5.95 Å². The van der Waals surface area contributed by atoms with Crippen LogP contribution in [-0.2, 0) is 6.42 Å². The van der Waals surface area contributed by atoms with Gasteiger partial charge < -0.3 is 10.6 Å². The summed E-state index contributed by atoms with van der Waals surface area (Å²) in [7, 11) is 1.83. The Morgan fingerprint density at radius 1 is 1.04 bits per heavy atom. The highest BCUT2D eigenvalue weighted by molar-refractivity contribution is 9.10. The van der Waals surface area contributed by atoms with Gasteiger partial charge in [-0.05, 0) is 33.6 Å². The second-order valence-electron chi connectivity index (χ2n) is 5.27. The summed E-state index contributed by atoms with van der Waals surface area (Å²) >= 11 is 3.43. The minimum atomic E-state index is 0.0342. The number of aromatic nitrogens is 3. The summed E-state index contributed by atoms with van der Waals surface area (Å²) in [4.78, 5) is 13.3. The predicted octanol–water partition coefficient (Wildman–Crippen LogP) is 4.07. The summed E-state index contributed by atoms with van der Waals surface area (Å²) in [5.74, 6) is 1.32. The first-order valence-electron chi connectivity index (χ1n) is 7.68. The largest absolute Gasteiger partial charge is 0.372 e. The van der Waals surface area contributed by atoms with Crippen LogP contribution in [0.5, 0.6) is 0 Å². The van der Waals surface area contributed by atoms with E-state index in [0.717, 1.165) is 22.4 Å². The van der Waals surface area contributed by atoms with E-state index in [0.29, 0.717) is 5.95 Å². The number of rotatable bonds is 6. The van der Waals surface area contributed by atoms with Crippen molar-refractivity contribution in [1.29, 1.82) is 0 Å². The maximum atomic E-state index is 4.50. The number of anilines is 2. The summed E-state index contributed by atoms with van der Waals surface area (Å²) in [5, 5.41) is 6.47. The molecule has 0 spiro atoms. The average molecular weight is 384 g/mol. The molecule has 0 radical (unpaired) electrons. The highest BCUT2D eigenvalue weighted by Crippen LogP contribution is 2.24. The molecule has 0 aliphatic rings. The van der Waals surface area contributed by atoms with Crippen molar-refractivity contribution in [3.8, 4) is 0 Å². The molecule has 0 saturated heterocycles. The molecule has 0 fully saturated rings. The zero-order valence-electron chi connectivity index (χ0n) is 13.3. The van der Waals surface area contributed by atoms with Crippen LogP contribution in [0.15, 0.2) is 65.4 Å². The predicted molar refractivity (Wildman–Crippen MR) is 100 cm³/mol. The quantitative estimate of drug-likeness (QED) is 0.671. The standard InChI is InChI=1S/C18H18BrN5/c1-20-17-15(19)12-22-18(24-17)23-16(13-7-3-2-4-8-13)11-14-9-5-6-10-21-14/h2-10,12,16H,11H2,1H3,(H2,20,22,23,24). The lowest BCUT2D eigenvalue weighted by Crippen LogP contribution is -2.16. The minimum Gasteiger partial charge on any atom is -0.372 e. The molecule has 0 bridgehead atoms. The van der Waals surface area contributed by atoms with Crippen molar-refractivity contribution in [2.75, 3.05) is 17.7 Å². The summed E-state index contributed by atoms with van der Waals surface area (Å²) in [6.07, 6.45) is 4.30. The summed E-state index contributed by atoms with van der Waals surface area (Å²) in [6.45, 7) is 0. The average Bonchev–Trinajstić information content (AvgIpc) is 2.64. The van der Waals surface area contributed by atoms with Gasteiger partial charge in [0, 0.05) is 31.6 Å².